The molecular formula is C7H17NO3S. The lowest BCUT2D eigenvalue weighted by Crippen LogP contribution is -2.38. The fourth-order valence-corrected chi connectivity index (χ4v) is 1.84. The maximum absolute atomic E-state index is 11.3. The topological polar surface area (TPSA) is 46.6 Å². The van der Waals surface area contributed by atoms with E-state index in [0.717, 1.165) is 0 Å². The van der Waals surface area contributed by atoms with Crippen molar-refractivity contribution in [1.29, 1.82) is 0 Å². The third kappa shape index (κ3) is 3.08. The average Bonchev–Trinajstić information content (AvgIpc) is 2.03. The molecule has 0 bridgehead atoms. The molecule has 1 unspecified atom stereocenters. The normalized spacial score (nSPS) is 15.1. The van der Waals surface area contributed by atoms with Crippen molar-refractivity contribution in [3.8, 4) is 0 Å². The SMILES string of the molecule is CCS(=O)(=O)N(C)C(C)COC. The molecule has 0 aliphatic heterocycles. The van der Waals surface area contributed by atoms with Crippen LogP contribution in [0.1, 0.15) is 13.8 Å². The summed E-state index contributed by atoms with van der Waals surface area (Å²) in [6.07, 6.45) is 0. The van der Waals surface area contributed by atoms with Gasteiger partial charge in [0.2, 0.25) is 10.0 Å². The van der Waals surface area contributed by atoms with Crippen LogP contribution >= 0.6 is 0 Å². The van der Waals surface area contributed by atoms with Crippen molar-refractivity contribution in [1.82, 2.24) is 4.31 Å². The highest BCUT2D eigenvalue weighted by molar-refractivity contribution is 7.89. The van der Waals surface area contributed by atoms with Gasteiger partial charge in [0.15, 0.2) is 0 Å². The van der Waals surface area contributed by atoms with Crippen LogP contribution in [0, 0.1) is 0 Å². The first-order valence-corrected chi connectivity index (χ1v) is 5.51. The molecular weight excluding hydrogens is 178 g/mol. The van der Waals surface area contributed by atoms with Gasteiger partial charge in [0.1, 0.15) is 0 Å². The van der Waals surface area contributed by atoms with Crippen molar-refractivity contribution in [2.75, 3.05) is 26.5 Å². The quantitative estimate of drug-likeness (QED) is 0.634. The van der Waals surface area contributed by atoms with Crippen molar-refractivity contribution in [3.63, 3.8) is 0 Å². The highest BCUT2D eigenvalue weighted by Gasteiger charge is 2.20. The second-order valence-corrected chi connectivity index (χ2v) is 5.04. The van der Waals surface area contributed by atoms with E-state index in [-0.39, 0.29) is 11.8 Å². The molecule has 12 heavy (non-hydrogen) atoms. The second-order valence-electron chi connectivity index (χ2n) is 2.72. The summed E-state index contributed by atoms with van der Waals surface area (Å²) in [5.41, 5.74) is 0. The molecule has 0 aliphatic carbocycles. The molecule has 0 aliphatic rings. The number of hydrogen-bond acceptors (Lipinski definition) is 3. The summed E-state index contributed by atoms with van der Waals surface area (Å²) in [4.78, 5) is 0. The Morgan fingerprint density at radius 1 is 1.50 bits per heavy atom. The zero-order chi connectivity index (χ0) is 9.78. The van der Waals surface area contributed by atoms with Crippen molar-refractivity contribution in [2.24, 2.45) is 0 Å². The molecule has 0 aromatic heterocycles. The van der Waals surface area contributed by atoms with Crippen LogP contribution in [0.4, 0.5) is 0 Å². The van der Waals surface area contributed by atoms with E-state index in [1.165, 1.54) is 4.31 Å². The first-order chi connectivity index (χ1) is 5.45. The average molecular weight is 195 g/mol. The molecule has 0 rings (SSSR count). The maximum atomic E-state index is 11.3. The first kappa shape index (κ1) is 11.9. The minimum atomic E-state index is -3.07. The molecule has 74 valence electrons. The summed E-state index contributed by atoms with van der Waals surface area (Å²) >= 11 is 0. The van der Waals surface area contributed by atoms with Crippen LogP contribution in [0.5, 0.6) is 0 Å². The van der Waals surface area contributed by atoms with Gasteiger partial charge >= 0.3 is 0 Å². The van der Waals surface area contributed by atoms with Crippen LogP contribution in [0.25, 0.3) is 0 Å². The van der Waals surface area contributed by atoms with Gasteiger partial charge in [-0.25, -0.2) is 8.42 Å². The third-order valence-electron chi connectivity index (χ3n) is 1.83. The number of rotatable bonds is 5. The summed E-state index contributed by atoms with van der Waals surface area (Å²) in [5, 5.41) is 0. The Kier molecular flexibility index (Phi) is 4.74. The lowest BCUT2D eigenvalue weighted by atomic mass is 10.4. The Balaban J connectivity index is 4.28. The van der Waals surface area contributed by atoms with Gasteiger partial charge in [-0.3, -0.25) is 0 Å². The summed E-state index contributed by atoms with van der Waals surface area (Å²) in [7, 11) is 0.0641. The minimum Gasteiger partial charge on any atom is -0.383 e. The van der Waals surface area contributed by atoms with E-state index in [0.29, 0.717) is 6.61 Å². The predicted molar refractivity (Wildman–Crippen MR) is 48.6 cm³/mol. The second kappa shape index (κ2) is 4.79. The lowest BCUT2D eigenvalue weighted by Gasteiger charge is -2.22. The molecule has 1 atom stereocenters. The maximum Gasteiger partial charge on any atom is 0.213 e. The zero-order valence-corrected chi connectivity index (χ0v) is 8.89. The van der Waals surface area contributed by atoms with E-state index >= 15 is 0 Å². The van der Waals surface area contributed by atoms with Crippen LogP contribution in [-0.2, 0) is 14.8 Å². The van der Waals surface area contributed by atoms with Gasteiger partial charge in [-0.05, 0) is 13.8 Å². The van der Waals surface area contributed by atoms with Gasteiger partial charge < -0.3 is 4.74 Å². The molecule has 0 radical (unpaired) electrons. The highest BCUT2D eigenvalue weighted by Crippen LogP contribution is 2.03. The number of hydrogen-bond donors (Lipinski definition) is 0. The van der Waals surface area contributed by atoms with E-state index < -0.39 is 10.0 Å². The molecule has 0 spiro atoms. The van der Waals surface area contributed by atoms with Crippen molar-refractivity contribution < 1.29 is 13.2 Å². The number of ether oxygens (including phenoxy) is 1. The molecule has 5 heteroatoms. The van der Waals surface area contributed by atoms with Crippen LogP contribution in [0.15, 0.2) is 0 Å². The van der Waals surface area contributed by atoms with E-state index in [1.807, 2.05) is 6.92 Å². The molecule has 0 saturated heterocycles. The molecule has 0 aromatic carbocycles. The van der Waals surface area contributed by atoms with Gasteiger partial charge in [-0.15, -0.1) is 0 Å². The number of sulfonamides is 1. The summed E-state index contributed by atoms with van der Waals surface area (Å²) in [6, 6.07) is -0.0973. The van der Waals surface area contributed by atoms with Gasteiger partial charge in [0.25, 0.3) is 0 Å². The van der Waals surface area contributed by atoms with Gasteiger partial charge in [-0.2, -0.15) is 4.31 Å². The molecule has 4 nitrogen and oxygen atoms in total. The van der Waals surface area contributed by atoms with Gasteiger partial charge in [-0.1, -0.05) is 0 Å². The predicted octanol–water partition coefficient (Wildman–Crippen LogP) is 0.303. The fourth-order valence-electron chi connectivity index (χ4n) is 0.824. The van der Waals surface area contributed by atoms with Gasteiger partial charge in [0, 0.05) is 20.2 Å². The largest absolute Gasteiger partial charge is 0.383 e. The highest BCUT2D eigenvalue weighted by atomic mass is 32.2. The van der Waals surface area contributed by atoms with E-state index in [9.17, 15) is 8.42 Å². The molecule has 0 aromatic rings. The molecule has 0 N–H and O–H groups in total. The van der Waals surface area contributed by atoms with Crippen LogP contribution in [-0.4, -0.2) is 45.3 Å². The Bertz CT molecular complexity index is 213. The Morgan fingerprint density at radius 2 is 2.00 bits per heavy atom. The smallest absolute Gasteiger partial charge is 0.213 e. The standard InChI is InChI=1S/C7H17NO3S/c1-5-12(9,10)8(3)7(2)6-11-4/h7H,5-6H2,1-4H3. The fraction of sp³-hybridized carbons (Fsp3) is 1.00. The van der Waals surface area contributed by atoms with E-state index in [1.54, 1.807) is 21.1 Å². The van der Waals surface area contributed by atoms with Crippen LogP contribution in [0.2, 0.25) is 0 Å². The monoisotopic (exact) mass is 195 g/mol. The molecule has 0 amide bonds. The summed E-state index contributed by atoms with van der Waals surface area (Å²) < 4.78 is 28.8. The van der Waals surface area contributed by atoms with Crippen LogP contribution < -0.4 is 0 Å². The number of likely N-dealkylation sites (N-methyl/N-ethyl adjacent to an activating group) is 1. The molecule has 0 saturated carbocycles. The zero-order valence-electron chi connectivity index (χ0n) is 8.07. The van der Waals surface area contributed by atoms with Crippen molar-refractivity contribution in [3.05, 3.63) is 0 Å². The van der Waals surface area contributed by atoms with Crippen molar-refractivity contribution >= 4 is 10.0 Å². The lowest BCUT2D eigenvalue weighted by molar-refractivity contribution is 0.149. The first-order valence-electron chi connectivity index (χ1n) is 3.90. The van der Waals surface area contributed by atoms with Crippen LogP contribution in [0.3, 0.4) is 0 Å². The summed E-state index contributed by atoms with van der Waals surface area (Å²) in [6.45, 7) is 3.87. The summed E-state index contributed by atoms with van der Waals surface area (Å²) in [5.74, 6) is 0.136. The van der Waals surface area contributed by atoms with Crippen molar-refractivity contribution in [2.45, 2.75) is 19.9 Å². The molecule has 0 heterocycles. The van der Waals surface area contributed by atoms with Gasteiger partial charge in [0.05, 0.1) is 12.4 Å². The van der Waals surface area contributed by atoms with E-state index in [4.69, 9.17) is 4.74 Å². The minimum absolute atomic E-state index is 0.0973. The Hall–Kier alpha value is -0.130. The number of methoxy groups -OCH3 is 1. The Labute approximate surface area is 74.6 Å². The third-order valence-corrected chi connectivity index (χ3v) is 3.80. The molecule has 0 fully saturated rings. The Morgan fingerprint density at radius 3 is 2.33 bits per heavy atom. The number of nitrogens with zero attached hydrogens (tertiary/aromatic N) is 1. The van der Waals surface area contributed by atoms with E-state index in [2.05, 4.69) is 0 Å².